The first kappa shape index (κ1) is 15.7. The van der Waals surface area contributed by atoms with Crippen molar-refractivity contribution >= 4 is 23.3 Å². The molecule has 21 heavy (non-hydrogen) atoms. The topological polar surface area (TPSA) is 71.7 Å². The molecule has 2 N–H and O–H groups in total. The number of carbonyl (C=O) groups is 1. The molecule has 0 aliphatic carbocycles. The molecule has 7 heteroatoms. The van der Waals surface area contributed by atoms with Crippen molar-refractivity contribution in [3.8, 4) is 0 Å². The number of aromatic nitrogens is 1. The number of amides is 1. The number of rotatable bonds is 4. The Labute approximate surface area is 129 Å². The largest absolute Gasteiger partial charge is 0.450 e. The van der Waals surface area contributed by atoms with E-state index >= 15 is 0 Å². The highest BCUT2D eigenvalue weighted by Gasteiger charge is 2.21. The van der Waals surface area contributed by atoms with Gasteiger partial charge in [0.05, 0.1) is 12.3 Å². The van der Waals surface area contributed by atoms with Gasteiger partial charge in [0.2, 0.25) is 0 Å². The maximum absolute atomic E-state index is 11.6. The summed E-state index contributed by atoms with van der Waals surface area (Å²) >= 11 is 4.94. The van der Waals surface area contributed by atoms with Crippen LogP contribution in [0.1, 0.15) is 18.2 Å². The standard InChI is InChI=1S/C14H20N4O2S/c1-2-20-14(19)18-7-5-17(6-8-18)10-11-3-4-16-12(9-11)13(15)21/h3-4,9H,2,5-8,10H2,1H3,(H2,15,21). The number of pyridine rings is 1. The molecule has 1 aliphatic rings. The molecule has 0 atom stereocenters. The average molecular weight is 308 g/mol. The monoisotopic (exact) mass is 308 g/mol. The summed E-state index contributed by atoms with van der Waals surface area (Å²) < 4.78 is 5.01. The van der Waals surface area contributed by atoms with E-state index in [0.717, 1.165) is 25.2 Å². The molecular formula is C14H20N4O2S. The highest BCUT2D eigenvalue weighted by atomic mass is 32.1. The van der Waals surface area contributed by atoms with E-state index in [-0.39, 0.29) is 6.09 Å². The lowest BCUT2D eigenvalue weighted by Crippen LogP contribution is -2.48. The number of nitrogens with zero attached hydrogens (tertiary/aromatic N) is 3. The molecule has 114 valence electrons. The molecule has 2 rings (SSSR count). The number of carbonyl (C=O) groups excluding carboxylic acids is 1. The van der Waals surface area contributed by atoms with Gasteiger partial charge in [0, 0.05) is 38.9 Å². The Kier molecular flexibility index (Phi) is 5.46. The first-order valence-electron chi connectivity index (χ1n) is 6.99. The van der Waals surface area contributed by atoms with Crippen molar-refractivity contribution in [2.45, 2.75) is 13.5 Å². The van der Waals surface area contributed by atoms with E-state index in [1.807, 2.05) is 19.1 Å². The van der Waals surface area contributed by atoms with Crippen LogP contribution in [0.2, 0.25) is 0 Å². The summed E-state index contributed by atoms with van der Waals surface area (Å²) in [5, 5.41) is 0. The number of hydrogen-bond acceptors (Lipinski definition) is 5. The second-order valence-corrected chi connectivity index (χ2v) is 5.32. The lowest BCUT2D eigenvalue weighted by atomic mass is 10.2. The van der Waals surface area contributed by atoms with Gasteiger partial charge in [-0.3, -0.25) is 9.88 Å². The second-order valence-electron chi connectivity index (χ2n) is 4.88. The quantitative estimate of drug-likeness (QED) is 0.836. The fourth-order valence-electron chi connectivity index (χ4n) is 2.27. The molecule has 0 unspecified atom stereocenters. The Bertz CT molecular complexity index is 515. The van der Waals surface area contributed by atoms with Crippen LogP contribution in [0.15, 0.2) is 18.3 Å². The van der Waals surface area contributed by atoms with Crippen LogP contribution >= 0.6 is 12.2 Å². The average Bonchev–Trinajstić information content (AvgIpc) is 2.48. The molecule has 0 bridgehead atoms. The Morgan fingerprint density at radius 2 is 2.14 bits per heavy atom. The van der Waals surface area contributed by atoms with Gasteiger partial charge in [0.1, 0.15) is 4.99 Å². The van der Waals surface area contributed by atoms with Crippen LogP contribution < -0.4 is 5.73 Å². The van der Waals surface area contributed by atoms with Gasteiger partial charge in [-0.2, -0.15) is 0 Å². The summed E-state index contributed by atoms with van der Waals surface area (Å²) in [5.41, 5.74) is 7.36. The molecule has 6 nitrogen and oxygen atoms in total. The third kappa shape index (κ3) is 4.37. The van der Waals surface area contributed by atoms with E-state index < -0.39 is 0 Å². The summed E-state index contributed by atoms with van der Waals surface area (Å²) in [6, 6.07) is 3.87. The SMILES string of the molecule is CCOC(=O)N1CCN(Cc2ccnc(C(N)=S)c2)CC1. The van der Waals surface area contributed by atoms with E-state index in [1.165, 1.54) is 0 Å². The van der Waals surface area contributed by atoms with Crippen molar-refractivity contribution < 1.29 is 9.53 Å². The van der Waals surface area contributed by atoms with Gasteiger partial charge in [0.15, 0.2) is 0 Å². The highest BCUT2D eigenvalue weighted by Crippen LogP contribution is 2.10. The fraction of sp³-hybridized carbons (Fsp3) is 0.500. The third-order valence-electron chi connectivity index (χ3n) is 3.38. The van der Waals surface area contributed by atoms with Crippen molar-refractivity contribution in [3.05, 3.63) is 29.6 Å². The predicted molar refractivity (Wildman–Crippen MR) is 84.0 cm³/mol. The second kappa shape index (κ2) is 7.33. The van der Waals surface area contributed by atoms with Gasteiger partial charge in [-0.25, -0.2) is 4.79 Å². The lowest BCUT2D eigenvalue weighted by Gasteiger charge is -2.34. The Morgan fingerprint density at radius 1 is 1.43 bits per heavy atom. The number of ether oxygens (including phenoxy) is 1. The zero-order chi connectivity index (χ0) is 15.2. The van der Waals surface area contributed by atoms with E-state index in [1.54, 1.807) is 11.1 Å². The molecule has 1 fully saturated rings. The summed E-state index contributed by atoms with van der Waals surface area (Å²) in [7, 11) is 0. The number of piperazine rings is 1. The van der Waals surface area contributed by atoms with Crippen LogP contribution in [0.25, 0.3) is 0 Å². The third-order valence-corrected chi connectivity index (χ3v) is 3.59. The van der Waals surface area contributed by atoms with E-state index in [2.05, 4.69) is 9.88 Å². The van der Waals surface area contributed by atoms with Crippen LogP contribution in [0.4, 0.5) is 4.79 Å². The molecule has 1 aromatic heterocycles. The molecule has 0 spiro atoms. The first-order chi connectivity index (χ1) is 10.1. The van der Waals surface area contributed by atoms with Crippen molar-refractivity contribution in [3.63, 3.8) is 0 Å². The first-order valence-corrected chi connectivity index (χ1v) is 7.39. The van der Waals surface area contributed by atoms with Gasteiger partial charge < -0.3 is 15.4 Å². The molecular weight excluding hydrogens is 288 g/mol. The molecule has 1 aromatic rings. The summed E-state index contributed by atoms with van der Waals surface area (Å²) in [6.45, 7) is 6.05. The van der Waals surface area contributed by atoms with Gasteiger partial charge in [0.25, 0.3) is 0 Å². The molecule has 2 heterocycles. The van der Waals surface area contributed by atoms with Gasteiger partial charge in [-0.1, -0.05) is 12.2 Å². The minimum atomic E-state index is -0.225. The maximum atomic E-state index is 11.6. The normalized spacial score (nSPS) is 15.8. The molecule has 1 amide bonds. The Hall–Kier alpha value is -1.73. The molecule has 1 aliphatic heterocycles. The van der Waals surface area contributed by atoms with E-state index in [0.29, 0.717) is 30.4 Å². The smallest absolute Gasteiger partial charge is 0.409 e. The number of hydrogen-bond donors (Lipinski definition) is 1. The molecule has 0 radical (unpaired) electrons. The zero-order valence-corrected chi connectivity index (χ0v) is 12.9. The highest BCUT2D eigenvalue weighted by molar-refractivity contribution is 7.80. The zero-order valence-electron chi connectivity index (χ0n) is 12.1. The van der Waals surface area contributed by atoms with E-state index in [9.17, 15) is 4.79 Å². The number of thiocarbonyl (C=S) groups is 1. The minimum absolute atomic E-state index is 0.225. The molecule has 0 saturated carbocycles. The van der Waals surface area contributed by atoms with Crippen molar-refractivity contribution in [1.29, 1.82) is 0 Å². The number of nitrogens with two attached hydrogens (primary N) is 1. The molecule has 0 aromatic carbocycles. The summed E-state index contributed by atoms with van der Waals surface area (Å²) in [6.07, 6.45) is 1.50. The fourth-order valence-corrected chi connectivity index (χ4v) is 2.38. The summed E-state index contributed by atoms with van der Waals surface area (Å²) in [5.74, 6) is 0. The van der Waals surface area contributed by atoms with Gasteiger partial charge in [-0.05, 0) is 24.6 Å². The van der Waals surface area contributed by atoms with Crippen molar-refractivity contribution in [2.75, 3.05) is 32.8 Å². The van der Waals surface area contributed by atoms with Crippen LogP contribution in [0.5, 0.6) is 0 Å². The van der Waals surface area contributed by atoms with Gasteiger partial charge in [-0.15, -0.1) is 0 Å². The summed E-state index contributed by atoms with van der Waals surface area (Å²) in [4.78, 5) is 20.1. The minimum Gasteiger partial charge on any atom is -0.450 e. The maximum Gasteiger partial charge on any atom is 0.409 e. The predicted octanol–water partition coefficient (Wildman–Crippen LogP) is 0.990. The Morgan fingerprint density at radius 3 is 2.76 bits per heavy atom. The molecule has 1 saturated heterocycles. The van der Waals surface area contributed by atoms with Crippen LogP contribution in [0, 0.1) is 0 Å². The van der Waals surface area contributed by atoms with Gasteiger partial charge >= 0.3 is 6.09 Å². The van der Waals surface area contributed by atoms with Crippen LogP contribution in [-0.2, 0) is 11.3 Å². The van der Waals surface area contributed by atoms with E-state index in [4.69, 9.17) is 22.7 Å². The van der Waals surface area contributed by atoms with Crippen LogP contribution in [-0.4, -0.2) is 58.7 Å². The van der Waals surface area contributed by atoms with Crippen LogP contribution in [0.3, 0.4) is 0 Å². The van der Waals surface area contributed by atoms with Crippen molar-refractivity contribution in [1.82, 2.24) is 14.8 Å². The Balaban J connectivity index is 1.87. The van der Waals surface area contributed by atoms with Crippen molar-refractivity contribution in [2.24, 2.45) is 5.73 Å². The lowest BCUT2D eigenvalue weighted by molar-refractivity contribution is 0.0778.